The van der Waals surface area contributed by atoms with E-state index in [0.717, 1.165) is 10.2 Å². The van der Waals surface area contributed by atoms with Gasteiger partial charge in [0.05, 0.1) is 12.8 Å². The van der Waals surface area contributed by atoms with Crippen molar-refractivity contribution in [2.75, 3.05) is 18.2 Å². The van der Waals surface area contributed by atoms with Crippen molar-refractivity contribution < 1.29 is 9.47 Å². The molecule has 24 heavy (non-hydrogen) atoms. The summed E-state index contributed by atoms with van der Waals surface area (Å²) in [6, 6.07) is 14.9. The van der Waals surface area contributed by atoms with E-state index in [4.69, 9.17) is 15.2 Å². The average molecular weight is 387 g/mol. The summed E-state index contributed by atoms with van der Waals surface area (Å²) in [5.74, 6) is 1.83. The van der Waals surface area contributed by atoms with Crippen LogP contribution in [-0.2, 0) is 0 Å². The number of nitrogens with zero attached hydrogens (tertiary/aromatic N) is 2. The van der Waals surface area contributed by atoms with E-state index in [9.17, 15) is 0 Å². The molecule has 0 radical (unpaired) electrons. The summed E-state index contributed by atoms with van der Waals surface area (Å²) in [7, 11) is 1.57. The van der Waals surface area contributed by atoms with Gasteiger partial charge in [0, 0.05) is 4.47 Å². The van der Waals surface area contributed by atoms with Gasteiger partial charge in [-0.15, -0.1) is 0 Å². The molecule has 0 atom stereocenters. The van der Waals surface area contributed by atoms with Gasteiger partial charge in [-0.2, -0.15) is 4.98 Å². The van der Waals surface area contributed by atoms with Crippen LogP contribution in [0.1, 0.15) is 0 Å². The number of ether oxygens (including phenoxy) is 2. The molecule has 0 aliphatic carbocycles. The Kier molecular flexibility index (Phi) is 4.81. The molecule has 0 spiro atoms. The van der Waals surface area contributed by atoms with E-state index in [-0.39, 0.29) is 5.88 Å². The fraction of sp³-hybridized carbons (Fsp3) is 0.0588. The number of para-hydroxylation sites is 3. The second kappa shape index (κ2) is 7.18. The van der Waals surface area contributed by atoms with Crippen LogP contribution in [0.2, 0.25) is 0 Å². The van der Waals surface area contributed by atoms with Gasteiger partial charge in [-0.25, -0.2) is 4.98 Å². The van der Waals surface area contributed by atoms with Gasteiger partial charge in [0.1, 0.15) is 12.0 Å². The quantitative estimate of drug-likeness (QED) is 0.677. The molecule has 2 aromatic carbocycles. The second-order valence-electron chi connectivity index (χ2n) is 4.80. The van der Waals surface area contributed by atoms with Crippen molar-refractivity contribution in [3.63, 3.8) is 0 Å². The van der Waals surface area contributed by atoms with Crippen molar-refractivity contribution in [2.45, 2.75) is 0 Å². The van der Waals surface area contributed by atoms with Crippen LogP contribution in [0.4, 0.5) is 17.2 Å². The Labute approximate surface area is 147 Å². The highest BCUT2D eigenvalue weighted by Crippen LogP contribution is 2.35. The Morgan fingerprint density at radius 3 is 2.46 bits per heavy atom. The molecule has 1 aromatic heterocycles. The van der Waals surface area contributed by atoms with Crippen LogP contribution in [0.5, 0.6) is 17.4 Å². The number of aromatic nitrogens is 2. The first-order chi connectivity index (χ1) is 11.7. The standard InChI is InChI=1S/C17H15BrN4O2/c1-23-13-8-4-5-9-14(13)24-17-15(19)16(20-10-21-17)22-12-7-3-2-6-11(12)18/h2-10H,19H2,1H3,(H,20,21,22). The number of nitrogens with two attached hydrogens (primary N) is 1. The Bertz CT molecular complexity index is 857. The lowest BCUT2D eigenvalue weighted by Gasteiger charge is -2.13. The number of benzene rings is 2. The van der Waals surface area contributed by atoms with Gasteiger partial charge in [0.15, 0.2) is 17.3 Å². The first-order valence-electron chi connectivity index (χ1n) is 7.12. The molecule has 0 amide bonds. The molecular formula is C17H15BrN4O2. The Balaban J connectivity index is 1.90. The van der Waals surface area contributed by atoms with Gasteiger partial charge in [0.25, 0.3) is 0 Å². The fourth-order valence-electron chi connectivity index (χ4n) is 2.06. The molecule has 3 N–H and O–H groups in total. The normalized spacial score (nSPS) is 10.2. The lowest BCUT2D eigenvalue weighted by molar-refractivity contribution is 0.374. The summed E-state index contributed by atoms with van der Waals surface area (Å²) in [5, 5.41) is 3.16. The molecule has 3 rings (SSSR count). The first-order valence-corrected chi connectivity index (χ1v) is 7.91. The molecule has 0 saturated heterocycles. The number of methoxy groups -OCH3 is 1. The molecule has 1 heterocycles. The smallest absolute Gasteiger partial charge is 0.248 e. The van der Waals surface area contributed by atoms with Gasteiger partial charge in [-0.1, -0.05) is 24.3 Å². The Morgan fingerprint density at radius 1 is 1.00 bits per heavy atom. The third kappa shape index (κ3) is 3.41. The topological polar surface area (TPSA) is 82.3 Å². The summed E-state index contributed by atoms with van der Waals surface area (Å²) < 4.78 is 12.0. The third-order valence-corrected chi connectivity index (χ3v) is 3.94. The summed E-state index contributed by atoms with van der Waals surface area (Å²) in [6.45, 7) is 0. The van der Waals surface area contributed by atoms with Crippen molar-refractivity contribution in [3.05, 3.63) is 59.3 Å². The molecule has 122 valence electrons. The van der Waals surface area contributed by atoms with E-state index < -0.39 is 0 Å². The maximum atomic E-state index is 6.15. The Hall–Kier alpha value is -2.80. The maximum Gasteiger partial charge on any atom is 0.248 e. The predicted molar refractivity (Wildman–Crippen MR) is 96.9 cm³/mol. The van der Waals surface area contributed by atoms with E-state index in [0.29, 0.717) is 23.0 Å². The zero-order valence-corrected chi connectivity index (χ0v) is 14.4. The second-order valence-corrected chi connectivity index (χ2v) is 5.65. The highest BCUT2D eigenvalue weighted by molar-refractivity contribution is 9.10. The van der Waals surface area contributed by atoms with Crippen molar-refractivity contribution in [3.8, 4) is 17.4 Å². The molecule has 3 aromatic rings. The first kappa shape index (κ1) is 16.1. The molecule has 0 aliphatic rings. The highest BCUT2D eigenvalue weighted by Gasteiger charge is 2.13. The van der Waals surface area contributed by atoms with Gasteiger partial charge in [-0.05, 0) is 40.2 Å². The SMILES string of the molecule is COc1ccccc1Oc1ncnc(Nc2ccccc2Br)c1N. The number of hydrogen-bond donors (Lipinski definition) is 2. The Morgan fingerprint density at radius 2 is 1.71 bits per heavy atom. The third-order valence-electron chi connectivity index (χ3n) is 3.25. The molecule has 7 heteroatoms. The van der Waals surface area contributed by atoms with Crippen LogP contribution in [0.3, 0.4) is 0 Å². The van der Waals surface area contributed by atoms with Gasteiger partial charge in [-0.3, -0.25) is 0 Å². The number of nitrogens with one attached hydrogen (secondary N) is 1. The van der Waals surface area contributed by atoms with Crippen LogP contribution in [0.25, 0.3) is 0 Å². The molecular weight excluding hydrogens is 372 g/mol. The minimum atomic E-state index is 0.254. The lowest BCUT2D eigenvalue weighted by Crippen LogP contribution is -2.03. The van der Waals surface area contributed by atoms with E-state index >= 15 is 0 Å². The zero-order valence-electron chi connectivity index (χ0n) is 12.9. The van der Waals surface area contributed by atoms with E-state index in [1.54, 1.807) is 19.2 Å². The molecule has 0 aliphatic heterocycles. The maximum absolute atomic E-state index is 6.15. The number of rotatable bonds is 5. The van der Waals surface area contributed by atoms with Crippen molar-refractivity contribution in [1.29, 1.82) is 0 Å². The fourth-order valence-corrected chi connectivity index (χ4v) is 2.44. The van der Waals surface area contributed by atoms with E-state index in [2.05, 4.69) is 31.2 Å². The number of hydrogen-bond acceptors (Lipinski definition) is 6. The molecule has 0 fully saturated rings. The number of halogens is 1. The van der Waals surface area contributed by atoms with Gasteiger partial charge in [0.2, 0.25) is 5.88 Å². The van der Waals surface area contributed by atoms with Crippen LogP contribution >= 0.6 is 15.9 Å². The summed E-state index contributed by atoms with van der Waals surface area (Å²) in [4.78, 5) is 8.29. The van der Waals surface area contributed by atoms with Crippen LogP contribution in [0.15, 0.2) is 59.3 Å². The molecule has 0 bridgehead atoms. The van der Waals surface area contributed by atoms with Crippen LogP contribution < -0.4 is 20.5 Å². The molecule has 0 unspecified atom stereocenters. The number of nitrogen functional groups attached to an aromatic ring is 1. The average Bonchev–Trinajstić information content (AvgIpc) is 2.61. The predicted octanol–water partition coefficient (Wildman–Crippen LogP) is 4.37. The van der Waals surface area contributed by atoms with Gasteiger partial charge >= 0.3 is 0 Å². The minimum absolute atomic E-state index is 0.254. The zero-order chi connectivity index (χ0) is 16.9. The largest absolute Gasteiger partial charge is 0.493 e. The monoisotopic (exact) mass is 386 g/mol. The molecule has 0 saturated carbocycles. The summed E-state index contributed by atoms with van der Waals surface area (Å²) >= 11 is 3.47. The summed E-state index contributed by atoms with van der Waals surface area (Å²) in [6.07, 6.45) is 1.39. The van der Waals surface area contributed by atoms with Crippen molar-refractivity contribution >= 4 is 33.1 Å². The van der Waals surface area contributed by atoms with Crippen molar-refractivity contribution in [2.24, 2.45) is 0 Å². The van der Waals surface area contributed by atoms with E-state index in [1.165, 1.54) is 6.33 Å². The summed E-state index contributed by atoms with van der Waals surface area (Å²) in [5.41, 5.74) is 7.30. The number of anilines is 3. The van der Waals surface area contributed by atoms with Crippen LogP contribution in [-0.4, -0.2) is 17.1 Å². The minimum Gasteiger partial charge on any atom is -0.493 e. The van der Waals surface area contributed by atoms with Crippen molar-refractivity contribution in [1.82, 2.24) is 9.97 Å². The van der Waals surface area contributed by atoms with Crippen LogP contribution in [0, 0.1) is 0 Å². The highest BCUT2D eigenvalue weighted by atomic mass is 79.9. The van der Waals surface area contributed by atoms with Gasteiger partial charge < -0.3 is 20.5 Å². The molecule has 6 nitrogen and oxygen atoms in total. The van der Waals surface area contributed by atoms with E-state index in [1.807, 2.05) is 36.4 Å². The lowest BCUT2D eigenvalue weighted by atomic mass is 10.3.